The first-order valence-corrected chi connectivity index (χ1v) is 7.26. The Bertz CT molecular complexity index is 352. The zero-order valence-electron chi connectivity index (χ0n) is 11.4. The highest BCUT2D eigenvalue weighted by atomic mass is 16.4. The van der Waals surface area contributed by atoms with Crippen LogP contribution in [0.15, 0.2) is 0 Å². The summed E-state index contributed by atoms with van der Waals surface area (Å²) in [6.45, 7) is 0.514. The second kappa shape index (κ2) is 5.49. The van der Waals surface area contributed by atoms with Gasteiger partial charge >= 0.3 is 5.97 Å². The third-order valence-corrected chi connectivity index (χ3v) is 4.88. The molecule has 0 aromatic rings. The third kappa shape index (κ3) is 2.91. The molecule has 0 unspecified atom stereocenters. The fraction of sp³-hybridized carbons (Fsp3) is 0.857. The lowest BCUT2D eigenvalue weighted by Gasteiger charge is -2.42. The summed E-state index contributed by atoms with van der Waals surface area (Å²) < 4.78 is 0. The number of carboxylic acid groups (broad SMARTS) is 1. The molecule has 108 valence electrons. The monoisotopic (exact) mass is 268 g/mol. The van der Waals surface area contributed by atoms with Gasteiger partial charge in [-0.15, -0.1) is 0 Å². The van der Waals surface area contributed by atoms with Crippen molar-refractivity contribution in [2.75, 3.05) is 6.54 Å². The van der Waals surface area contributed by atoms with Crippen LogP contribution in [0.3, 0.4) is 0 Å². The molecule has 19 heavy (non-hydrogen) atoms. The number of nitrogens with two attached hydrogens (primary N) is 1. The molecule has 2 aliphatic carbocycles. The quantitative estimate of drug-likeness (QED) is 0.703. The van der Waals surface area contributed by atoms with Crippen LogP contribution in [0.4, 0.5) is 0 Å². The maximum Gasteiger partial charge on any atom is 0.329 e. The van der Waals surface area contributed by atoms with E-state index in [9.17, 15) is 14.7 Å². The number of nitrogens with one attached hydrogen (secondary N) is 1. The molecule has 0 aromatic carbocycles. The van der Waals surface area contributed by atoms with Gasteiger partial charge in [0.25, 0.3) is 0 Å². The van der Waals surface area contributed by atoms with E-state index in [4.69, 9.17) is 5.73 Å². The van der Waals surface area contributed by atoms with Crippen LogP contribution in [0.25, 0.3) is 0 Å². The second-order valence-corrected chi connectivity index (χ2v) is 6.23. The standard InChI is InChI=1S/C14H24N2O3/c15-10-13(5-4-6-13)9-11(17)16-14(12(18)19)7-2-1-3-8-14/h1-10,15H2,(H,16,17)(H,18,19). The maximum absolute atomic E-state index is 12.2. The van der Waals surface area contributed by atoms with Gasteiger partial charge in [0.1, 0.15) is 5.54 Å². The van der Waals surface area contributed by atoms with Crippen LogP contribution in [0.1, 0.15) is 57.8 Å². The molecule has 5 heteroatoms. The van der Waals surface area contributed by atoms with E-state index in [0.717, 1.165) is 38.5 Å². The molecule has 0 aliphatic heterocycles. The van der Waals surface area contributed by atoms with Crippen LogP contribution in [-0.2, 0) is 9.59 Å². The lowest BCUT2D eigenvalue weighted by molar-refractivity contribution is -0.150. The third-order valence-electron chi connectivity index (χ3n) is 4.88. The molecule has 0 spiro atoms. The predicted molar refractivity (Wildman–Crippen MR) is 71.5 cm³/mol. The molecule has 4 N–H and O–H groups in total. The molecular weight excluding hydrogens is 244 g/mol. The van der Waals surface area contributed by atoms with Crippen molar-refractivity contribution >= 4 is 11.9 Å². The smallest absolute Gasteiger partial charge is 0.329 e. The summed E-state index contributed by atoms with van der Waals surface area (Å²) in [6, 6.07) is 0. The highest BCUT2D eigenvalue weighted by Crippen LogP contribution is 2.43. The highest BCUT2D eigenvalue weighted by Gasteiger charge is 2.43. The molecule has 2 rings (SSSR count). The molecule has 1 amide bonds. The summed E-state index contributed by atoms with van der Waals surface area (Å²) in [7, 11) is 0. The first-order valence-electron chi connectivity index (χ1n) is 7.26. The van der Waals surface area contributed by atoms with Gasteiger partial charge in [0.15, 0.2) is 0 Å². The Balaban J connectivity index is 1.97. The lowest BCUT2D eigenvalue weighted by Crippen LogP contribution is -2.57. The minimum atomic E-state index is -1.03. The first-order chi connectivity index (χ1) is 9.02. The molecule has 0 bridgehead atoms. The van der Waals surface area contributed by atoms with E-state index in [1.807, 2.05) is 0 Å². The van der Waals surface area contributed by atoms with Gasteiger partial charge in [0.05, 0.1) is 0 Å². The van der Waals surface area contributed by atoms with Crippen molar-refractivity contribution in [1.82, 2.24) is 5.32 Å². The number of carboxylic acids is 1. The van der Waals surface area contributed by atoms with Crippen molar-refractivity contribution < 1.29 is 14.7 Å². The van der Waals surface area contributed by atoms with Crippen molar-refractivity contribution in [3.05, 3.63) is 0 Å². The van der Waals surface area contributed by atoms with E-state index in [1.54, 1.807) is 0 Å². The largest absolute Gasteiger partial charge is 0.480 e. The molecular formula is C14H24N2O3. The van der Waals surface area contributed by atoms with Crippen LogP contribution in [0, 0.1) is 5.41 Å². The Morgan fingerprint density at radius 3 is 2.11 bits per heavy atom. The normalized spacial score (nSPS) is 24.3. The van der Waals surface area contributed by atoms with Gasteiger partial charge in [-0.3, -0.25) is 4.79 Å². The van der Waals surface area contributed by atoms with E-state index in [1.165, 1.54) is 0 Å². The number of carbonyl (C=O) groups is 2. The fourth-order valence-electron chi connectivity index (χ4n) is 3.33. The Hall–Kier alpha value is -1.10. The summed E-state index contributed by atoms with van der Waals surface area (Å²) in [5.74, 6) is -1.04. The lowest BCUT2D eigenvalue weighted by atomic mass is 9.66. The number of amides is 1. The van der Waals surface area contributed by atoms with Gasteiger partial charge in [0.2, 0.25) is 5.91 Å². The summed E-state index contributed by atoms with van der Waals surface area (Å²) in [6.07, 6.45) is 7.34. The van der Waals surface area contributed by atoms with E-state index in [2.05, 4.69) is 5.32 Å². The molecule has 0 atom stereocenters. The number of hydrogen-bond donors (Lipinski definition) is 3. The fourth-order valence-corrected chi connectivity index (χ4v) is 3.33. The summed E-state index contributed by atoms with van der Waals surface area (Å²) in [5, 5.41) is 12.2. The number of carbonyl (C=O) groups excluding carboxylic acids is 1. The molecule has 0 radical (unpaired) electrons. The van der Waals surface area contributed by atoms with Crippen molar-refractivity contribution in [1.29, 1.82) is 0 Å². The zero-order chi connectivity index (χ0) is 13.9. The Morgan fingerprint density at radius 2 is 1.68 bits per heavy atom. The highest BCUT2D eigenvalue weighted by molar-refractivity contribution is 5.87. The SMILES string of the molecule is NCC1(CC(=O)NC2(C(=O)O)CCCCC2)CCC1. The molecule has 0 heterocycles. The van der Waals surface area contributed by atoms with E-state index < -0.39 is 11.5 Å². The van der Waals surface area contributed by atoms with Gasteiger partial charge in [-0.25, -0.2) is 4.79 Å². The van der Waals surface area contributed by atoms with E-state index in [0.29, 0.717) is 25.8 Å². The van der Waals surface area contributed by atoms with Crippen LogP contribution in [-0.4, -0.2) is 29.1 Å². The summed E-state index contributed by atoms with van der Waals surface area (Å²) in [5.41, 5.74) is 4.64. The second-order valence-electron chi connectivity index (χ2n) is 6.23. The minimum absolute atomic E-state index is 0.0710. The average Bonchev–Trinajstić information content (AvgIpc) is 2.35. The van der Waals surface area contributed by atoms with Crippen LogP contribution in [0.2, 0.25) is 0 Å². The maximum atomic E-state index is 12.2. The topological polar surface area (TPSA) is 92.4 Å². The molecule has 0 saturated heterocycles. The zero-order valence-corrected chi connectivity index (χ0v) is 11.4. The van der Waals surface area contributed by atoms with Crippen LogP contribution < -0.4 is 11.1 Å². The van der Waals surface area contributed by atoms with Gasteiger partial charge in [0, 0.05) is 6.42 Å². The molecule has 2 fully saturated rings. The van der Waals surface area contributed by atoms with Crippen molar-refractivity contribution in [2.24, 2.45) is 11.1 Å². The molecule has 2 aliphatic rings. The Kier molecular flexibility index (Phi) is 4.13. The minimum Gasteiger partial charge on any atom is -0.480 e. The predicted octanol–water partition coefficient (Wildman–Crippen LogP) is 1.41. The van der Waals surface area contributed by atoms with Gasteiger partial charge in [-0.2, -0.15) is 0 Å². The van der Waals surface area contributed by atoms with Crippen LogP contribution >= 0.6 is 0 Å². The average molecular weight is 268 g/mol. The Morgan fingerprint density at radius 1 is 1.05 bits per heavy atom. The number of aliphatic carboxylic acids is 1. The van der Waals surface area contributed by atoms with E-state index >= 15 is 0 Å². The molecule has 2 saturated carbocycles. The number of rotatable bonds is 5. The van der Waals surface area contributed by atoms with Gasteiger partial charge in [-0.1, -0.05) is 25.7 Å². The van der Waals surface area contributed by atoms with Crippen LogP contribution in [0.5, 0.6) is 0 Å². The molecule has 0 aromatic heterocycles. The van der Waals surface area contributed by atoms with Gasteiger partial charge in [-0.05, 0) is 37.6 Å². The molecule has 5 nitrogen and oxygen atoms in total. The Labute approximate surface area is 113 Å². The first kappa shape index (κ1) is 14.3. The summed E-state index contributed by atoms with van der Waals surface area (Å²) >= 11 is 0. The summed E-state index contributed by atoms with van der Waals surface area (Å²) in [4.78, 5) is 23.6. The van der Waals surface area contributed by atoms with Gasteiger partial charge < -0.3 is 16.2 Å². The van der Waals surface area contributed by atoms with E-state index in [-0.39, 0.29) is 11.3 Å². The van der Waals surface area contributed by atoms with Crippen molar-refractivity contribution in [3.63, 3.8) is 0 Å². The van der Waals surface area contributed by atoms with Crippen molar-refractivity contribution in [3.8, 4) is 0 Å². The number of hydrogen-bond acceptors (Lipinski definition) is 3. The van der Waals surface area contributed by atoms with Crippen molar-refractivity contribution in [2.45, 2.75) is 63.3 Å².